The summed E-state index contributed by atoms with van der Waals surface area (Å²) in [5.74, 6) is 0.614. The summed E-state index contributed by atoms with van der Waals surface area (Å²) in [6.07, 6.45) is 9.11. The summed E-state index contributed by atoms with van der Waals surface area (Å²) in [6.45, 7) is 16.0. The van der Waals surface area contributed by atoms with Crippen LogP contribution in [-0.2, 0) is 28.5 Å². The molecule has 5 aromatic rings. The van der Waals surface area contributed by atoms with Crippen molar-refractivity contribution in [1.29, 1.82) is 0 Å². The zero-order chi connectivity index (χ0) is 50.8. The van der Waals surface area contributed by atoms with Crippen molar-refractivity contribution >= 4 is 68.2 Å². The maximum absolute atomic E-state index is 13.6. The molecule has 1 aliphatic carbocycles. The lowest BCUT2D eigenvalue weighted by Crippen LogP contribution is -2.49. The van der Waals surface area contributed by atoms with Crippen molar-refractivity contribution in [2.45, 2.75) is 59.4 Å². The molecule has 4 aromatic heterocycles. The number of carbonyl (C=O) groups is 3. The molecule has 72 heavy (non-hydrogen) atoms. The minimum atomic E-state index is -0.276. The van der Waals surface area contributed by atoms with Crippen LogP contribution in [0.2, 0.25) is 0 Å². The van der Waals surface area contributed by atoms with Gasteiger partial charge >= 0.3 is 0 Å². The van der Waals surface area contributed by atoms with Gasteiger partial charge in [-0.25, -0.2) is 15.0 Å². The highest BCUT2D eigenvalue weighted by atomic mass is 32.1. The van der Waals surface area contributed by atoms with Crippen LogP contribution in [0.5, 0.6) is 0 Å². The van der Waals surface area contributed by atoms with E-state index >= 15 is 0 Å². The first-order chi connectivity index (χ1) is 35.0. The van der Waals surface area contributed by atoms with E-state index < -0.39 is 0 Å². The predicted octanol–water partition coefficient (Wildman–Crippen LogP) is 5.34. The lowest BCUT2D eigenvalue weighted by molar-refractivity contribution is -0.122. The molecule has 21 heteroatoms. The zero-order valence-electron chi connectivity index (χ0n) is 42.2. The monoisotopic (exact) mass is 1010 g/mol. The van der Waals surface area contributed by atoms with E-state index in [-0.39, 0.29) is 34.8 Å². The molecule has 0 radical (unpaired) electrons. The molecule has 2 amide bonds. The minimum Gasteiger partial charge on any atom is -0.383 e. The van der Waals surface area contributed by atoms with E-state index in [1.165, 1.54) is 18.3 Å². The smallest absolute Gasteiger partial charge is 0.263 e. The maximum atomic E-state index is 13.6. The first-order valence-corrected chi connectivity index (χ1v) is 25.6. The molecule has 5 heterocycles. The number of carbonyl (C=O) groups excluding carboxylic acids is 3. The second-order valence-electron chi connectivity index (χ2n) is 17.9. The molecule has 1 saturated carbocycles. The van der Waals surface area contributed by atoms with E-state index in [0.717, 1.165) is 73.7 Å². The Labute approximate surface area is 424 Å². The second-order valence-corrected chi connectivity index (χ2v) is 19.1. The predicted molar refractivity (Wildman–Crippen MR) is 279 cm³/mol. The quantitative estimate of drug-likeness (QED) is 0.0426. The number of aromatic nitrogens is 5. The number of piperazine rings is 1. The van der Waals surface area contributed by atoms with Crippen LogP contribution in [0, 0.1) is 20.8 Å². The van der Waals surface area contributed by atoms with Crippen molar-refractivity contribution < 1.29 is 38.1 Å². The Balaban J connectivity index is 0.671. The molecule has 1 aromatic carbocycles. The van der Waals surface area contributed by atoms with Gasteiger partial charge in [0.1, 0.15) is 11.5 Å². The highest BCUT2D eigenvalue weighted by Crippen LogP contribution is 2.33. The molecule has 1 aliphatic heterocycles. The van der Waals surface area contributed by atoms with E-state index in [1.54, 1.807) is 28.8 Å². The maximum Gasteiger partial charge on any atom is 0.263 e. The van der Waals surface area contributed by atoms with E-state index in [9.17, 15) is 19.2 Å². The number of hydrogen-bond acceptors (Lipinski definition) is 18. The van der Waals surface area contributed by atoms with Gasteiger partial charge in [-0.3, -0.25) is 38.9 Å². The molecular weight excluding hydrogens is 943 g/mol. The van der Waals surface area contributed by atoms with Crippen molar-refractivity contribution in [2.75, 3.05) is 139 Å². The molecule has 0 bridgehead atoms. The number of ketones is 1. The Kier molecular flexibility index (Phi) is 20.3. The van der Waals surface area contributed by atoms with Gasteiger partial charge in [0.05, 0.1) is 90.1 Å². The fraction of sp³-hybridized carbons (Fsp3) is 0.529. The van der Waals surface area contributed by atoms with Gasteiger partial charge in [0.2, 0.25) is 11.9 Å². The number of nitrogens with one attached hydrogen (secondary N) is 3. The third-order valence-electron chi connectivity index (χ3n) is 12.7. The van der Waals surface area contributed by atoms with Gasteiger partial charge in [0.15, 0.2) is 10.9 Å². The van der Waals surface area contributed by atoms with E-state index in [1.807, 2.05) is 57.4 Å². The number of nitrogens with zero attached hydrogens (tertiary/aromatic N) is 8. The van der Waals surface area contributed by atoms with Crippen molar-refractivity contribution in [3.8, 4) is 0 Å². The minimum absolute atomic E-state index is 0.0000248. The van der Waals surface area contributed by atoms with Gasteiger partial charge in [-0.15, -0.1) is 11.3 Å². The summed E-state index contributed by atoms with van der Waals surface area (Å²) >= 11 is 1.44. The molecule has 2 fully saturated rings. The van der Waals surface area contributed by atoms with Crippen LogP contribution in [0.25, 0.3) is 11.0 Å². The number of amides is 2. The number of anilines is 5. The van der Waals surface area contributed by atoms with Crippen molar-refractivity contribution in [2.24, 2.45) is 0 Å². The fourth-order valence-corrected chi connectivity index (χ4v) is 9.47. The number of hydrogen-bond donors (Lipinski definition) is 3. The van der Waals surface area contributed by atoms with Crippen LogP contribution in [0.1, 0.15) is 75.4 Å². The molecule has 0 atom stereocenters. The summed E-state index contributed by atoms with van der Waals surface area (Å²) in [5.41, 5.74) is 4.48. The number of pyridine rings is 2. The third kappa shape index (κ3) is 15.1. The summed E-state index contributed by atoms with van der Waals surface area (Å²) in [6, 6.07) is 9.59. The molecular formula is C51H69N11O9S. The van der Waals surface area contributed by atoms with E-state index in [4.69, 9.17) is 33.7 Å². The van der Waals surface area contributed by atoms with Gasteiger partial charge in [-0.1, -0.05) is 12.8 Å². The summed E-state index contributed by atoms with van der Waals surface area (Å²) in [7, 11) is 1.85. The van der Waals surface area contributed by atoms with Crippen molar-refractivity contribution in [1.82, 2.24) is 34.7 Å². The molecule has 388 valence electrons. The molecule has 0 spiro atoms. The number of Topliss-reactive ketones (excluding diaryl/α,β-unsaturated/α-hetero) is 1. The molecule has 7 rings (SSSR count). The molecule has 1 saturated heterocycles. The largest absolute Gasteiger partial charge is 0.383 e. The Morgan fingerprint density at radius 1 is 0.778 bits per heavy atom. The third-order valence-corrected chi connectivity index (χ3v) is 13.5. The van der Waals surface area contributed by atoms with Gasteiger partial charge in [0.25, 0.3) is 11.5 Å². The second kappa shape index (κ2) is 27.2. The van der Waals surface area contributed by atoms with Crippen LogP contribution in [0.15, 0.2) is 53.7 Å². The van der Waals surface area contributed by atoms with Crippen LogP contribution in [0.3, 0.4) is 0 Å². The standard InChI is InChI=1S/C51H69N11O9S/c1-35-30-39(10-12-42(35)48(65)58-51-56-31-36(2)72-51)52-14-20-67-22-24-69-26-28-71-29-27-70-25-23-68-21-15-53-45(64)34-60-16-18-61(19-17-60)41-11-13-44(54-32-41)59(5)50-55-33-43-37(3)46(38(4)63)49(66)62(47(43)57-50)40-8-6-7-9-40/h10-13,30-33,40,52H,6-9,14-29,34H2,1-5H3,(H,53,64)(H,56,58,65). The topological polar surface area (TPSA) is 217 Å². The van der Waals surface area contributed by atoms with Crippen LogP contribution in [0.4, 0.5) is 28.3 Å². The Hall–Kier alpha value is -5.94. The Morgan fingerprint density at radius 2 is 1.43 bits per heavy atom. The number of ether oxygens (including phenoxy) is 5. The highest BCUT2D eigenvalue weighted by Gasteiger charge is 2.27. The van der Waals surface area contributed by atoms with Gasteiger partial charge in [-0.2, -0.15) is 4.98 Å². The molecule has 20 nitrogen and oxygen atoms in total. The zero-order valence-corrected chi connectivity index (χ0v) is 43.0. The Morgan fingerprint density at radius 3 is 2.03 bits per heavy atom. The number of fused-ring (bicyclic) bond motifs is 1. The average molecular weight is 1010 g/mol. The number of thiazole rings is 1. The average Bonchev–Trinajstić information content (AvgIpc) is 4.06. The molecule has 0 unspecified atom stereocenters. The van der Waals surface area contributed by atoms with Crippen molar-refractivity contribution in [3.63, 3.8) is 0 Å². The van der Waals surface area contributed by atoms with Crippen molar-refractivity contribution in [3.05, 3.63) is 86.4 Å². The number of rotatable bonds is 28. The van der Waals surface area contributed by atoms with Crippen LogP contribution in [-0.4, -0.2) is 166 Å². The van der Waals surface area contributed by atoms with E-state index in [0.29, 0.717) is 125 Å². The fourth-order valence-electron chi connectivity index (χ4n) is 8.81. The molecule has 2 aliphatic rings. The summed E-state index contributed by atoms with van der Waals surface area (Å²) < 4.78 is 29.7. The Bertz CT molecular complexity index is 2630. The lowest BCUT2D eigenvalue weighted by atomic mass is 10.0. The first kappa shape index (κ1) is 53.8. The summed E-state index contributed by atoms with van der Waals surface area (Å²) in [4.78, 5) is 77.1. The lowest BCUT2D eigenvalue weighted by Gasteiger charge is -2.35. The number of aryl methyl sites for hydroxylation is 3. The number of benzene rings is 1. The molecule has 3 N–H and O–H groups in total. The van der Waals surface area contributed by atoms with Gasteiger partial charge < -0.3 is 39.2 Å². The summed E-state index contributed by atoms with van der Waals surface area (Å²) in [5, 5.41) is 10.4. The first-order valence-electron chi connectivity index (χ1n) is 24.8. The van der Waals surface area contributed by atoms with Gasteiger partial charge in [-0.05, 0) is 82.0 Å². The normalized spacial score (nSPS) is 14.3. The van der Waals surface area contributed by atoms with Crippen LogP contribution < -0.4 is 31.3 Å². The van der Waals surface area contributed by atoms with Crippen LogP contribution >= 0.6 is 11.3 Å². The van der Waals surface area contributed by atoms with E-state index in [2.05, 4.69) is 35.7 Å². The van der Waals surface area contributed by atoms with Gasteiger partial charge in [0, 0.05) is 86.3 Å². The SMILES string of the molecule is CC(=O)c1c(C)c2cnc(N(C)c3ccc(N4CCN(CC(=O)NCCOCCOCCOCCOCCOCCNc5ccc(C(=O)Nc6ncc(C)s6)c(C)c5)CC4)cn3)nc2n(C2CCCC2)c1=O. The highest BCUT2D eigenvalue weighted by molar-refractivity contribution is 7.15.